The van der Waals surface area contributed by atoms with E-state index in [2.05, 4.69) is 20.9 Å². The van der Waals surface area contributed by atoms with E-state index in [1.807, 2.05) is 27.7 Å². The number of hydrogen-bond donors (Lipinski definition) is 3. The Morgan fingerprint density at radius 1 is 1.16 bits per heavy atom. The summed E-state index contributed by atoms with van der Waals surface area (Å²) in [6.45, 7) is 9.44. The molecule has 1 aromatic rings. The second-order valence-corrected chi connectivity index (χ2v) is 8.82. The van der Waals surface area contributed by atoms with Crippen LogP contribution in [0.4, 0.5) is 13.2 Å². The molecule has 0 radical (unpaired) electrons. The van der Waals surface area contributed by atoms with Crippen LogP contribution in [-0.4, -0.2) is 50.3 Å². The van der Waals surface area contributed by atoms with Gasteiger partial charge in [0.2, 0.25) is 5.91 Å². The third-order valence-electron chi connectivity index (χ3n) is 5.09. The van der Waals surface area contributed by atoms with Gasteiger partial charge in [-0.2, -0.15) is 13.2 Å². The number of carbonyl (C=O) groups excluding carboxylic acids is 1. The van der Waals surface area contributed by atoms with E-state index in [4.69, 9.17) is 4.74 Å². The molecule has 9 heteroatoms. The van der Waals surface area contributed by atoms with Crippen molar-refractivity contribution in [3.05, 3.63) is 35.4 Å². The Hall–Kier alpha value is -2.29. The molecule has 1 aliphatic heterocycles. The summed E-state index contributed by atoms with van der Waals surface area (Å²) >= 11 is 0. The van der Waals surface area contributed by atoms with Gasteiger partial charge in [-0.1, -0.05) is 18.2 Å². The van der Waals surface area contributed by atoms with Crippen LogP contribution < -0.4 is 16.0 Å². The molecule has 2 rings (SSSR count). The topological polar surface area (TPSA) is 74.8 Å². The molecule has 0 unspecified atom stereocenters. The van der Waals surface area contributed by atoms with Gasteiger partial charge in [0.15, 0.2) is 5.96 Å². The van der Waals surface area contributed by atoms with Crippen molar-refractivity contribution in [3.63, 3.8) is 0 Å². The Morgan fingerprint density at radius 3 is 2.42 bits per heavy atom. The second kappa shape index (κ2) is 10.3. The quantitative estimate of drug-likeness (QED) is 0.467. The van der Waals surface area contributed by atoms with Crippen LogP contribution in [0, 0.1) is 0 Å². The molecule has 0 atom stereocenters. The normalized spacial score (nSPS) is 17.2. The van der Waals surface area contributed by atoms with Crippen LogP contribution >= 0.6 is 0 Å². The first-order valence-corrected chi connectivity index (χ1v) is 10.5. The number of rotatable bonds is 6. The van der Waals surface area contributed by atoms with Crippen molar-refractivity contribution in [1.82, 2.24) is 16.0 Å². The zero-order valence-electron chi connectivity index (χ0n) is 18.7. The Kier molecular flexibility index (Phi) is 8.34. The molecule has 174 valence electrons. The lowest BCUT2D eigenvalue weighted by atomic mass is 9.73. The number of hydrogen-bond acceptors (Lipinski definition) is 3. The number of guanidine groups is 1. The van der Waals surface area contributed by atoms with E-state index in [0.717, 1.165) is 6.07 Å². The molecule has 0 aliphatic carbocycles. The molecule has 1 saturated heterocycles. The summed E-state index contributed by atoms with van der Waals surface area (Å²) in [4.78, 5) is 16.4. The molecule has 1 aliphatic rings. The van der Waals surface area contributed by atoms with E-state index >= 15 is 0 Å². The lowest BCUT2D eigenvalue weighted by Crippen LogP contribution is -2.48. The van der Waals surface area contributed by atoms with Crippen molar-refractivity contribution < 1.29 is 22.7 Å². The van der Waals surface area contributed by atoms with Crippen LogP contribution in [0.15, 0.2) is 29.3 Å². The zero-order chi connectivity index (χ0) is 23.1. The summed E-state index contributed by atoms with van der Waals surface area (Å²) in [5.41, 5.74) is -0.910. The summed E-state index contributed by atoms with van der Waals surface area (Å²) in [5.74, 6) is 0.243. The van der Waals surface area contributed by atoms with E-state index in [0.29, 0.717) is 50.7 Å². The number of nitrogens with zero attached hydrogens (tertiary/aromatic N) is 1. The van der Waals surface area contributed by atoms with Gasteiger partial charge < -0.3 is 20.7 Å². The number of alkyl halides is 3. The molecular weight excluding hydrogens is 409 g/mol. The summed E-state index contributed by atoms with van der Waals surface area (Å²) in [6.07, 6.45) is -3.22. The van der Waals surface area contributed by atoms with Crippen LogP contribution in [0.5, 0.6) is 0 Å². The van der Waals surface area contributed by atoms with Gasteiger partial charge in [0.1, 0.15) is 6.54 Å². The highest BCUT2D eigenvalue weighted by molar-refractivity contribution is 5.85. The van der Waals surface area contributed by atoms with Crippen LogP contribution in [0.1, 0.15) is 51.7 Å². The number of nitrogens with one attached hydrogen (secondary N) is 3. The number of aliphatic imine (C=N–C) groups is 1. The molecule has 3 N–H and O–H groups in total. The lowest BCUT2D eigenvalue weighted by Gasteiger charge is -2.38. The lowest BCUT2D eigenvalue weighted by molar-refractivity contribution is -0.137. The summed E-state index contributed by atoms with van der Waals surface area (Å²) in [5, 5.41) is 9.17. The SMILES string of the molecule is CCNC(=NCC(=O)NC(C)(C)C)NCC1(c2cccc(C(F)(F)F)c2)CCOCC1. The fourth-order valence-corrected chi connectivity index (χ4v) is 3.56. The Balaban J connectivity index is 2.19. The third-order valence-corrected chi connectivity index (χ3v) is 5.09. The highest BCUT2D eigenvalue weighted by Crippen LogP contribution is 2.37. The molecule has 0 saturated carbocycles. The fraction of sp³-hybridized carbons (Fsp3) is 0.636. The highest BCUT2D eigenvalue weighted by atomic mass is 19.4. The molecule has 1 fully saturated rings. The van der Waals surface area contributed by atoms with Gasteiger partial charge in [-0.25, -0.2) is 4.99 Å². The van der Waals surface area contributed by atoms with Crippen molar-refractivity contribution in [3.8, 4) is 0 Å². The van der Waals surface area contributed by atoms with Gasteiger partial charge in [0, 0.05) is 37.3 Å². The smallest absolute Gasteiger partial charge is 0.381 e. The summed E-state index contributed by atoms with van der Waals surface area (Å²) in [6, 6.07) is 5.51. The van der Waals surface area contributed by atoms with E-state index < -0.39 is 17.2 Å². The molecule has 1 aromatic carbocycles. The standard InChI is InChI=1S/C22H33F3N4O2/c1-5-26-19(27-14-18(30)29-20(2,3)4)28-15-21(9-11-31-12-10-21)16-7-6-8-17(13-16)22(23,24)25/h6-8,13H,5,9-12,14-15H2,1-4H3,(H,29,30)(H2,26,27,28). The number of carbonyl (C=O) groups is 1. The van der Waals surface area contributed by atoms with Crippen molar-refractivity contribution in [1.29, 1.82) is 0 Å². The molecule has 1 heterocycles. The van der Waals surface area contributed by atoms with Crippen LogP contribution in [-0.2, 0) is 21.1 Å². The minimum Gasteiger partial charge on any atom is -0.381 e. The first-order valence-electron chi connectivity index (χ1n) is 10.5. The minimum atomic E-state index is -4.40. The monoisotopic (exact) mass is 442 g/mol. The summed E-state index contributed by atoms with van der Waals surface area (Å²) in [7, 11) is 0. The maximum atomic E-state index is 13.3. The molecule has 0 spiro atoms. The van der Waals surface area contributed by atoms with E-state index in [1.165, 1.54) is 12.1 Å². The van der Waals surface area contributed by atoms with E-state index in [9.17, 15) is 18.0 Å². The minimum absolute atomic E-state index is 0.0493. The van der Waals surface area contributed by atoms with Gasteiger partial charge in [0.05, 0.1) is 5.56 Å². The van der Waals surface area contributed by atoms with Gasteiger partial charge >= 0.3 is 6.18 Å². The van der Waals surface area contributed by atoms with Gasteiger partial charge in [-0.05, 0) is 52.2 Å². The Labute approximate surface area is 182 Å². The molecule has 0 aromatic heterocycles. The average Bonchev–Trinajstić information content (AvgIpc) is 2.69. The van der Waals surface area contributed by atoms with Crippen molar-refractivity contribution in [2.75, 3.05) is 32.8 Å². The van der Waals surface area contributed by atoms with Crippen LogP contribution in [0.25, 0.3) is 0 Å². The number of benzene rings is 1. The molecule has 31 heavy (non-hydrogen) atoms. The van der Waals surface area contributed by atoms with Crippen LogP contribution in [0.2, 0.25) is 0 Å². The first kappa shape index (κ1) is 25.0. The molecule has 6 nitrogen and oxygen atoms in total. The van der Waals surface area contributed by atoms with Crippen molar-refractivity contribution in [2.45, 2.75) is 57.7 Å². The van der Waals surface area contributed by atoms with Crippen molar-refractivity contribution >= 4 is 11.9 Å². The predicted octanol–water partition coefficient (Wildman–Crippen LogP) is 3.22. The highest BCUT2D eigenvalue weighted by Gasteiger charge is 2.37. The number of amides is 1. The Bertz CT molecular complexity index is 767. The molecular formula is C22H33F3N4O2. The zero-order valence-corrected chi connectivity index (χ0v) is 18.7. The second-order valence-electron chi connectivity index (χ2n) is 8.82. The average molecular weight is 443 g/mol. The maximum absolute atomic E-state index is 13.3. The fourth-order valence-electron chi connectivity index (χ4n) is 3.56. The maximum Gasteiger partial charge on any atom is 0.416 e. The van der Waals surface area contributed by atoms with Crippen LogP contribution in [0.3, 0.4) is 0 Å². The van der Waals surface area contributed by atoms with Gasteiger partial charge in [0.25, 0.3) is 0 Å². The third kappa shape index (κ3) is 7.72. The largest absolute Gasteiger partial charge is 0.416 e. The molecule has 0 bridgehead atoms. The van der Waals surface area contributed by atoms with Gasteiger partial charge in [-0.15, -0.1) is 0 Å². The number of ether oxygens (including phenoxy) is 1. The van der Waals surface area contributed by atoms with E-state index in [1.54, 1.807) is 6.07 Å². The van der Waals surface area contributed by atoms with Crippen molar-refractivity contribution in [2.24, 2.45) is 4.99 Å². The van der Waals surface area contributed by atoms with E-state index in [-0.39, 0.29) is 18.0 Å². The predicted molar refractivity (Wildman–Crippen MR) is 115 cm³/mol. The molecule has 1 amide bonds. The summed E-state index contributed by atoms with van der Waals surface area (Å²) < 4.78 is 45.3. The first-order chi connectivity index (χ1) is 14.5. The van der Waals surface area contributed by atoms with Gasteiger partial charge in [-0.3, -0.25) is 4.79 Å². The Morgan fingerprint density at radius 2 is 1.84 bits per heavy atom. The number of halogens is 3.